The minimum Gasteiger partial charge on any atom is -0.389 e. The van der Waals surface area contributed by atoms with E-state index in [0.29, 0.717) is 19.2 Å². The first-order chi connectivity index (χ1) is 9.81. The van der Waals surface area contributed by atoms with Crippen molar-refractivity contribution in [3.63, 3.8) is 0 Å². The number of fused-ring (bicyclic) bond motifs is 1. The Balaban J connectivity index is 1.23. The van der Waals surface area contributed by atoms with Crippen LogP contribution in [0.5, 0.6) is 0 Å². The highest BCUT2D eigenvalue weighted by Crippen LogP contribution is 2.28. The Bertz CT molecular complexity index is 299. The number of nitrogens with zero attached hydrogens (tertiary/aromatic N) is 1. The summed E-state index contributed by atoms with van der Waals surface area (Å²) in [5.41, 5.74) is 0. The van der Waals surface area contributed by atoms with Gasteiger partial charge in [0.15, 0.2) is 0 Å². The molecule has 0 aromatic rings. The Labute approximate surface area is 121 Å². The van der Waals surface area contributed by atoms with Crippen LogP contribution in [-0.4, -0.2) is 74.3 Å². The SMILES string of the molecule is OC(CNCC1CN2CCCC2CO1)COCC1CC1. The van der Waals surface area contributed by atoms with Gasteiger partial charge in [-0.3, -0.25) is 4.90 Å². The number of hydrogen-bond donors (Lipinski definition) is 2. The zero-order valence-corrected chi connectivity index (χ0v) is 12.3. The van der Waals surface area contributed by atoms with E-state index in [2.05, 4.69) is 10.2 Å². The number of rotatable bonds is 8. The van der Waals surface area contributed by atoms with E-state index in [1.807, 2.05) is 0 Å². The molecule has 116 valence electrons. The Morgan fingerprint density at radius 2 is 2.25 bits per heavy atom. The Kier molecular flexibility index (Phi) is 5.29. The summed E-state index contributed by atoms with van der Waals surface area (Å²) in [6.45, 7) is 5.81. The van der Waals surface area contributed by atoms with Crippen molar-refractivity contribution in [2.24, 2.45) is 5.92 Å². The van der Waals surface area contributed by atoms with Crippen molar-refractivity contribution in [3.05, 3.63) is 0 Å². The van der Waals surface area contributed by atoms with Gasteiger partial charge < -0.3 is 19.9 Å². The monoisotopic (exact) mass is 284 g/mol. The van der Waals surface area contributed by atoms with Crippen molar-refractivity contribution in [2.75, 3.05) is 46.0 Å². The molecular formula is C15H28N2O3. The molecule has 5 nitrogen and oxygen atoms in total. The van der Waals surface area contributed by atoms with Crippen molar-refractivity contribution in [1.29, 1.82) is 0 Å². The molecule has 3 atom stereocenters. The van der Waals surface area contributed by atoms with E-state index in [-0.39, 0.29) is 6.10 Å². The first-order valence-electron chi connectivity index (χ1n) is 8.13. The first kappa shape index (κ1) is 14.7. The van der Waals surface area contributed by atoms with Gasteiger partial charge in [-0.1, -0.05) is 0 Å². The average molecular weight is 284 g/mol. The van der Waals surface area contributed by atoms with Crippen LogP contribution in [0.2, 0.25) is 0 Å². The zero-order chi connectivity index (χ0) is 13.8. The smallest absolute Gasteiger partial charge is 0.0897 e. The normalized spacial score (nSPS) is 32.2. The summed E-state index contributed by atoms with van der Waals surface area (Å²) >= 11 is 0. The fourth-order valence-electron chi connectivity index (χ4n) is 3.13. The molecule has 2 saturated heterocycles. The molecule has 3 rings (SSSR count). The Morgan fingerprint density at radius 3 is 3.10 bits per heavy atom. The van der Waals surface area contributed by atoms with Gasteiger partial charge in [0, 0.05) is 32.3 Å². The van der Waals surface area contributed by atoms with Gasteiger partial charge in [0.1, 0.15) is 0 Å². The fourth-order valence-corrected chi connectivity index (χ4v) is 3.13. The lowest BCUT2D eigenvalue weighted by atomic mass is 10.2. The maximum absolute atomic E-state index is 9.82. The van der Waals surface area contributed by atoms with Crippen molar-refractivity contribution in [2.45, 2.75) is 43.9 Å². The molecule has 0 aromatic heterocycles. The molecule has 20 heavy (non-hydrogen) atoms. The van der Waals surface area contributed by atoms with Crippen molar-refractivity contribution in [3.8, 4) is 0 Å². The number of hydrogen-bond acceptors (Lipinski definition) is 5. The van der Waals surface area contributed by atoms with Crippen molar-refractivity contribution in [1.82, 2.24) is 10.2 Å². The van der Waals surface area contributed by atoms with Gasteiger partial charge in [-0.2, -0.15) is 0 Å². The molecule has 2 N–H and O–H groups in total. The molecule has 0 radical (unpaired) electrons. The molecule has 0 amide bonds. The van der Waals surface area contributed by atoms with E-state index in [4.69, 9.17) is 9.47 Å². The molecule has 5 heteroatoms. The lowest BCUT2D eigenvalue weighted by Crippen LogP contribution is -2.50. The summed E-state index contributed by atoms with van der Waals surface area (Å²) in [5, 5.41) is 13.1. The van der Waals surface area contributed by atoms with Gasteiger partial charge in [-0.05, 0) is 38.1 Å². The highest BCUT2D eigenvalue weighted by molar-refractivity contribution is 4.86. The molecule has 0 aromatic carbocycles. The third kappa shape index (κ3) is 4.40. The third-order valence-corrected chi connectivity index (χ3v) is 4.57. The maximum Gasteiger partial charge on any atom is 0.0897 e. The van der Waals surface area contributed by atoms with Gasteiger partial charge in [0.2, 0.25) is 0 Å². The van der Waals surface area contributed by atoms with Gasteiger partial charge in [0.05, 0.1) is 25.4 Å². The fraction of sp³-hybridized carbons (Fsp3) is 1.00. The summed E-state index contributed by atoms with van der Waals surface area (Å²) < 4.78 is 11.4. The summed E-state index contributed by atoms with van der Waals surface area (Å²) in [7, 11) is 0. The predicted molar refractivity (Wildman–Crippen MR) is 76.8 cm³/mol. The molecule has 2 heterocycles. The molecule has 3 aliphatic rings. The van der Waals surface area contributed by atoms with E-state index >= 15 is 0 Å². The van der Waals surface area contributed by atoms with Crippen LogP contribution in [0.4, 0.5) is 0 Å². The number of aliphatic hydroxyl groups is 1. The van der Waals surface area contributed by atoms with Gasteiger partial charge in [-0.25, -0.2) is 0 Å². The van der Waals surface area contributed by atoms with E-state index in [1.165, 1.54) is 32.2 Å². The van der Waals surface area contributed by atoms with E-state index in [9.17, 15) is 5.11 Å². The predicted octanol–water partition coefficient (Wildman–Crippen LogP) is 0.227. The van der Waals surface area contributed by atoms with Crippen LogP contribution in [0.3, 0.4) is 0 Å². The summed E-state index contributed by atoms with van der Waals surface area (Å²) in [5.74, 6) is 0.763. The molecule has 1 saturated carbocycles. The summed E-state index contributed by atoms with van der Waals surface area (Å²) in [4.78, 5) is 2.55. The Morgan fingerprint density at radius 1 is 1.35 bits per heavy atom. The Hall–Kier alpha value is -0.200. The van der Waals surface area contributed by atoms with Gasteiger partial charge >= 0.3 is 0 Å². The average Bonchev–Trinajstić information content (AvgIpc) is 3.14. The second kappa shape index (κ2) is 7.18. The van der Waals surface area contributed by atoms with E-state index in [0.717, 1.165) is 32.2 Å². The summed E-state index contributed by atoms with van der Waals surface area (Å²) in [6.07, 6.45) is 5.05. The van der Waals surface area contributed by atoms with Gasteiger partial charge in [-0.15, -0.1) is 0 Å². The molecule has 3 unspecified atom stereocenters. The zero-order valence-electron chi connectivity index (χ0n) is 12.3. The van der Waals surface area contributed by atoms with Crippen LogP contribution in [0, 0.1) is 5.92 Å². The second-order valence-corrected chi connectivity index (χ2v) is 6.54. The maximum atomic E-state index is 9.82. The highest BCUT2D eigenvalue weighted by atomic mass is 16.5. The number of ether oxygens (including phenoxy) is 2. The minimum atomic E-state index is -0.406. The molecular weight excluding hydrogens is 256 g/mol. The van der Waals surface area contributed by atoms with Crippen LogP contribution in [0.25, 0.3) is 0 Å². The second-order valence-electron chi connectivity index (χ2n) is 6.54. The van der Waals surface area contributed by atoms with Crippen LogP contribution < -0.4 is 5.32 Å². The molecule has 0 bridgehead atoms. The lowest BCUT2D eigenvalue weighted by Gasteiger charge is -2.35. The number of aliphatic hydroxyl groups excluding tert-OH is 1. The van der Waals surface area contributed by atoms with Crippen molar-refractivity contribution >= 4 is 0 Å². The van der Waals surface area contributed by atoms with Crippen LogP contribution in [0.1, 0.15) is 25.7 Å². The largest absolute Gasteiger partial charge is 0.389 e. The van der Waals surface area contributed by atoms with E-state index in [1.54, 1.807) is 0 Å². The summed E-state index contributed by atoms with van der Waals surface area (Å²) in [6, 6.07) is 0.660. The number of nitrogens with one attached hydrogen (secondary N) is 1. The quantitative estimate of drug-likeness (QED) is 0.668. The van der Waals surface area contributed by atoms with Crippen LogP contribution >= 0.6 is 0 Å². The lowest BCUT2D eigenvalue weighted by molar-refractivity contribution is -0.0484. The molecule has 1 aliphatic carbocycles. The standard InChI is InChI=1S/C15H28N2O3/c18-14(11-19-9-12-3-4-12)6-16-7-15-8-17-5-1-2-13(17)10-20-15/h12-16,18H,1-11H2. The van der Waals surface area contributed by atoms with E-state index < -0.39 is 6.10 Å². The topological polar surface area (TPSA) is 54.0 Å². The van der Waals surface area contributed by atoms with Gasteiger partial charge in [0.25, 0.3) is 0 Å². The molecule has 2 aliphatic heterocycles. The highest BCUT2D eigenvalue weighted by Gasteiger charge is 2.31. The first-order valence-corrected chi connectivity index (χ1v) is 8.13. The minimum absolute atomic E-state index is 0.268. The van der Waals surface area contributed by atoms with Crippen LogP contribution in [0.15, 0.2) is 0 Å². The van der Waals surface area contributed by atoms with Crippen LogP contribution in [-0.2, 0) is 9.47 Å². The third-order valence-electron chi connectivity index (χ3n) is 4.57. The number of morpholine rings is 1. The molecule has 0 spiro atoms. The van der Waals surface area contributed by atoms with Crippen molar-refractivity contribution < 1.29 is 14.6 Å². The molecule has 3 fully saturated rings.